The number of halogens is 1. The summed E-state index contributed by atoms with van der Waals surface area (Å²) >= 11 is 0. The maximum absolute atomic E-state index is 13.7. The van der Waals surface area contributed by atoms with Crippen LogP contribution in [0.2, 0.25) is 0 Å². The first kappa shape index (κ1) is 25.2. The Morgan fingerprint density at radius 3 is 2.50 bits per heavy atom. The molecular weight excluding hydrogens is 487 g/mol. The average Bonchev–Trinajstić information content (AvgIpc) is 3.43. The Kier molecular flexibility index (Phi) is 7.79. The number of aromatic nitrogens is 4. The Labute approximate surface area is 219 Å². The van der Waals surface area contributed by atoms with Crippen molar-refractivity contribution in [2.24, 2.45) is 0 Å². The molecule has 9 nitrogen and oxygen atoms in total. The molecule has 38 heavy (non-hydrogen) atoms. The zero-order valence-electron chi connectivity index (χ0n) is 20.7. The van der Waals surface area contributed by atoms with Crippen LogP contribution in [0.25, 0.3) is 5.69 Å². The van der Waals surface area contributed by atoms with Crippen LogP contribution in [0.1, 0.15) is 21.5 Å². The highest BCUT2D eigenvalue weighted by atomic mass is 19.1. The van der Waals surface area contributed by atoms with Crippen LogP contribution in [0.5, 0.6) is 0 Å². The van der Waals surface area contributed by atoms with Gasteiger partial charge in [-0.1, -0.05) is 42.5 Å². The molecule has 1 aromatic heterocycles. The molecule has 1 saturated heterocycles. The van der Waals surface area contributed by atoms with Gasteiger partial charge in [0, 0.05) is 25.2 Å². The molecule has 0 saturated carbocycles. The zero-order chi connectivity index (χ0) is 26.3. The topological polar surface area (TPSA) is 93.5 Å². The lowest BCUT2D eigenvalue weighted by molar-refractivity contribution is -0.131. The number of carbonyl (C=O) groups is 2. The van der Waals surface area contributed by atoms with Gasteiger partial charge in [-0.25, -0.2) is 9.07 Å². The lowest BCUT2D eigenvalue weighted by Gasteiger charge is -2.25. The predicted octanol–water partition coefficient (Wildman–Crippen LogP) is 2.91. The quantitative estimate of drug-likeness (QED) is 0.359. The zero-order valence-corrected chi connectivity index (χ0v) is 20.7. The summed E-state index contributed by atoms with van der Waals surface area (Å²) in [7, 11) is 0. The molecular formula is C28H27FN6O3. The largest absolute Gasteiger partial charge is 0.370 e. The molecule has 0 aliphatic carbocycles. The third kappa shape index (κ3) is 6.27. The van der Waals surface area contributed by atoms with Gasteiger partial charge < -0.3 is 14.5 Å². The number of hydrogen-bond acceptors (Lipinski definition) is 6. The molecule has 0 bridgehead atoms. The van der Waals surface area contributed by atoms with Crippen molar-refractivity contribution in [1.82, 2.24) is 30.0 Å². The third-order valence-corrected chi connectivity index (χ3v) is 6.43. The van der Waals surface area contributed by atoms with E-state index in [9.17, 15) is 14.0 Å². The molecule has 1 atom stereocenters. The number of tetrazole rings is 1. The van der Waals surface area contributed by atoms with Gasteiger partial charge in [-0.15, -0.1) is 5.10 Å². The number of rotatable bonds is 8. The summed E-state index contributed by atoms with van der Waals surface area (Å²) in [5.74, 6) is -0.754. The summed E-state index contributed by atoms with van der Waals surface area (Å²) in [6.07, 6.45) is 1.72. The molecule has 1 aliphatic heterocycles. The predicted molar refractivity (Wildman–Crippen MR) is 137 cm³/mol. The number of hydrogen-bond donors (Lipinski definition) is 0. The van der Waals surface area contributed by atoms with Crippen molar-refractivity contribution >= 4 is 11.8 Å². The van der Waals surface area contributed by atoms with E-state index in [4.69, 9.17) is 4.74 Å². The summed E-state index contributed by atoms with van der Waals surface area (Å²) in [5.41, 5.74) is 2.96. The molecule has 5 rings (SSSR count). The molecule has 1 fully saturated rings. The van der Waals surface area contributed by atoms with Crippen molar-refractivity contribution in [3.8, 4) is 5.69 Å². The molecule has 0 unspecified atom stereocenters. The van der Waals surface area contributed by atoms with Crippen molar-refractivity contribution in [1.29, 1.82) is 0 Å². The third-order valence-electron chi connectivity index (χ3n) is 6.43. The Hall–Kier alpha value is -4.44. The molecule has 2 heterocycles. The van der Waals surface area contributed by atoms with Crippen molar-refractivity contribution in [2.45, 2.75) is 19.1 Å². The van der Waals surface area contributed by atoms with Gasteiger partial charge in [-0.05, 0) is 64.4 Å². The first-order valence-corrected chi connectivity index (χ1v) is 12.4. The highest BCUT2D eigenvalue weighted by Crippen LogP contribution is 2.17. The number of amides is 2. The van der Waals surface area contributed by atoms with Gasteiger partial charge in [0.1, 0.15) is 18.7 Å². The van der Waals surface area contributed by atoms with Crippen LogP contribution >= 0.6 is 0 Å². The highest BCUT2D eigenvalue weighted by molar-refractivity contribution is 5.97. The van der Waals surface area contributed by atoms with Gasteiger partial charge in [0.25, 0.3) is 5.91 Å². The number of ether oxygens (including phenoxy) is 1. The van der Waals surface area contributed by atoms with E-state index in [2.05, 4.69) is 15.5 Å². The molecule has 0 spiro atoms. The van der Waals surface area contributed by atoms with Gasteiger partial charge in [0.05, 0.1) is 18.4 Å². The van der Waals surface area contributed by atoms with Crippen molar-refractivity contribution < 1.29 is 18.7 Å². The van der Waals surface area contributed by atoms with E-state index in [1.807, 2.05) is 30.3 Å². The van der Waals surface area contributed by atoms with E-state index < -0.39 is 6.10 Å². The molecule has 3 aromatic carbocycles. The fourth-order valence-electron chi connectivity index (χ4n) is 4.42. The van der Waals surface area contributed by atoms with Crippen LogP contribution in [0.15, 0.2) is 85.2 Å². The SMILES string of the molecule is O=C1CN(C(=O)c2ccc(-n3cnnn3)cc2)C[C@H](OCc2cccc(F)c2)CN1CCc1ccccc1. The molecule has 2 amide bonds. The number of nitrogens with zero attached hydrogens (tertiary/aromatic N) is 6. The Morgan fingerprint density at radius 1 is 0.974 bits per heavy atom. The van der Waals surface area contributed by atoms with Crippen LogP contribution in [0.3, 0.4) is 0 Å². The van der Waals surface area contributed by atoms with Crippen molar-refractivity contribution in [3.63, 3.8) is 0 Å². The fraction of sp³-hybridized carbons (Fsp3) is 0.250. The molecule has 194 valence electrons. The van der Waals surface area contributed by atoms with E-state index in [1.165, 1.54) is 28.0 Å². The second-order valence-electron chi connectivity index (χ2n) is 9.13. The minimum atomic E-state index is -0.440. The normalized spacial score (nSPS) is 15.9. The first-order chi connectivity index (χ1) is 18.5. The summed E-state index contributed by atoms with van der Waals surface area (Å²) in [4.78, 5) is 30.0. The molecule has 10 heteroatoms. The van der Waals surface area contributed by atoms with E-state index in [-0.39, 0.29) is 37.3 Å². The maximum Gasteiger partial charge on any atom is 0.254 e. The molecule has 1 aliphatic rings. The monoisotopic (exact) mass is 514 g/mol. The van der Waals surface area contributed by atoms with Crippen LogP contribution in [0.4, 0.5) is 4.39 Å². The number of benzene rings is 3. The maximum atomic E-state index is 13.7. The van der Waals surface area contributed by atoms with Crippen molar-refractivity contribution in [3.05, 3.63) is 108 Å². The summed E-state index contributed by atoms with van der Waals surface area (Å²) in [6, 6.07) is 23.0. The van der Waals surface area contributed by atoms with E-state index in [0.29, 0.717) is 36.3 Å². The van der Waals surface area contributed by atoms with E-state index in [0.717, 1.165) is 5.56 Å². The van der Waals surface area contributed by atoms with Crippen LogP contribution in [-0.2, 0) is 22.6 Å². The summed E-state index contributed by atoms with van der Waals surface area (Å²) in [5, 5.41) is 11.1. The minimum absolute atomic E-state index is 0.0534. The Morgan fingerprint density at radius 2 is 1.76 bits per heavy atom. The highest BCUT2D eigenvalue weighted by Gasteiger charge is 2.31. The first-order valence-electron chi connectivity index (χ1n) is 12.4. The van der Waals surface area contributed by atoms with Gasteiger partial charge >= 0.3 is 0 Å². The second-order valence-corrected chi connectivity index (χ2v) is 9.13. The molecule has 4 aromatic rings. The summed E-state index contributed by atoms with van der Waals surface area (Å²) < 4.78 is 21.3. The van der Waals surface area contributed by atoms with Crippen LogP contribution < -0.4 is 0 Å². The summed E-state index contributed by atoms with van der Waals surface area (Å²) in [6.45, 7) is 1.19. The minimum Gasteiger partial charge on any atom is -0.370 e. The van der Waals surface area contributed by atoms with E-state index >= 15 is 0 Å². The van der Waals surface area contributed by atoms with Gasteiger partial charge in [0.2, 0.25) is 5.91 Å². The fourth-order valence-corrected chi connectivity index (χ4v) is 4.42. The molecule has 0 radical (unpaired) electrons. The Balaban J connectivity index is 1.32. The van der Waals surface area contributed by atoms with Gasteiger partial charge in [-0.2, -0.15) is 0 Å². The second kappa shape index (κ2) is 11.7. The van der Waals surface area contributed by atoms with Crippen molar-refractivity contribution in [2.75, 3.05) is 26.2 Å². The smallest absolute Gasteiger partial charge is 0.254 e. The Bertz CT molecular complexity index is 1370. The van der Waals surface area contributed by atoms with Crippen LogP contribution in [-0.4, -0.2) is 74.1 Å². The van der Waals surface area contributed by atoms with Gasteiger partial charge in [0.15, 0.2) is 0 Å². The number of carbonyl (C=O) groups excluding carboxylic acids is 2. The van der Waals surface area contributed by atoms with Gasteiger partial charge in [-0.3, -0.25) is 9.59 Å². The lowest BCUT2D eigenvalue weighted by atomic mass is 10.1. The van der Waals surface area contributed by atoms with Crippen LogP contribution in [0, 0.1) is 5.82 Å². The standard InChI is InChI=1S/C28H27FN6O3/c29-24-8-4-7-22(15-24)19-38-26-16-33(14-13-21-5-2-1-3-6-21)27(36)18-34(17-26)28(37)23-9-11-25(12-10-23)35-20-30-31-32-35/h1-12,15,20,26H,13-14,16-19H2/t26-/m1/s1. The van der Waals surface area contributed by atoms with E-state index in [1.54, 1.807) is 41.3 Å². The average molecular weight is 515 g/mol. The lowest BCUT2D eigenvalue weighted by Crippen LogP contribution is -2.40. The molecule has 0 N–H and O–H groups in total.